The summed E-state index contributed by atoms with van der Waals surface area (Å²) in [5.41, 5.74) is -0.432. The molecule has 0 unspecified atom stereocenters. The lowest BCUT2D eigenvalue weighted by atomic mass is 10.1. The molecule has 110 valence electrons. The van der Waals surface area contributed by atoms with E-state index in [4.69, 9.17) is 5.11 Å². The number of hydrogen-bond donors (Lipinski definition) is 2. The minimum Gasteiger partial charge on any atom is -0.480 e. The number of hydrogen-bond acceptors (Lipinski definition) is 6. The largest absolute Gasteiger partial charge is 0.480 e. The number of nitrogens with one attached hydrogen (secondary N) is 1. The Balaban J connectivity index is 2.71. The summed E-state index contributed by atoms with van der Waals surface area (Å²) in [7, 11) is 0. The number of fused-ring (bicyclic) bond motifs is 1. The summed E-state index contributed by atoms with van der Waals surface area (Å²) >= 11 is 0. The average Bonchev–Trinajstić information content (AvgIpc) is 2.43. The second-order valence-corrected chi connectivity index (χ2v) is 4.25. The molecule has 0 bridgehead atoms. The van der Waals surface area contributed by atoms with Gasteiger partial charge in [0.1, 0.15) is 12.2 Å². The Morgan fingerprint density at radius 3 is 2.81 bits per heavy atom. The van der Waals surface area contributed by atoms with E-state index in [1.54, 1.807) is 6.92 Å². The number of rotatable bonds is 5. The fourth-order valence-electron chi connectivity index (χ4n) is 2.02. The number of carboxylic acid groups (broad SMARTS) is 1. The Labute approximate surface area is 118 Å². The van der Waals surface area contributed by atoms with E-state index in [9.17, 15) is 19.7 Å². The van der Waals surface area contributed by atoms with Crippen molar-refractivity contribution in [3.05, 3.63) is 38.9 Å². The maximum absolute atomic E-state index is 11.7. The van der Waals surface area contributed by atoms with E-state index in [2.05, 4.69) is 9.97 Å². The third-order valence-corrected chi connectivity index (χ3v) is 2.98. The molecule has 2 rings (SSSR count). The lowest BCUT2D eigenvalue weighted by molar-refractivity contribution is -0.384. The third kappa shape index (κ3) is 2.81. The number of nitro groups is 1. The number of aromatic nitrogens is 2. The van der Waals surface area contributed by atoms with Crippen molar-refractivity contribution >= 4 is 28.2 Å². The molecule has 9 nitrogen and oxygen atoms in total. The van der Waals surface area contributed by atoms with Gasteiger partial charge in [0.05, 0.1) is 22.2 Å². The highest BCUT2D eigenvalue weighted by molar-refractivity contribution is 5.88. The van der Waals surface area contributed by atoms with E-state index in [1.165, 1.54) is 17.3 Å². The zero-order valence-corrected chi connectivity index (χ0v) is 11.1. The van der Waals surface area contributed by atoms with Crippen LogP contribution in [0.5, 0.6) is 0 Å². The summed E-state index contributed by atoms with van der Waals surface area (Å²) in [6.07, 6.45) is 1.19. The van der Waals surface area contributed by atoms with Crippen LogP contribution in [0.1, 0.15) is 6.92 Å². The quantitative estimate of drug-likeness (QED) is 0.614. The lowest BCUT2D eigenvalue weighted by Crippen LogP contribution is -2.30. The highest BCUT2D eigenvalue weighted by Gasteiger charge is 2.22. The molecule has 9 heteroatoms. The first-order valence-corrected chi connectivity index (χ1v) is 6.06. The van der Waals surface area contributed by atoms with E-state index in [0.29, 0.717) is 0 Å². The van der Waals surface area contributed by atoms with Gasteiger partial charge < -0.3 is 15.0 Å². The van der Waals surface area contributed by atoms with Crippen LogP contribution in [0.25, 0.3) is 10.9 Å². The number of nitrogens with zero attached hydrogens (tertiary/aromatic N) is 3. The van der Waals surface area contributed by atoms with Crippen LogP contribution in [-0.4, -0.2) is 39.1 Å². The molecule has 0 fully saturated rings. The van der Waals surface area contributed by atoms with E-state index >= 15 is 0 Å². The van der Waals surface area contributed by atoms with Crippen molar-refractivity contribution in [1.29, 1.82) is 0 Å². The average molecular weight is 292 g/mol. The number of H-pyrrole nitrogens is 1. The van der Waals surface area contributed by atoms with Crippen LogP contribution >= 0.6 is 0 Å². The molecule has 2 aromatic rings. The number of aromatic amines is 1. The number of likely N-dealkylation sites (N-methyl/N-ethyl adjacent to an activating group) is 1. The van der Waals surface area contributed by atoms with Crippen molar-refractivity contribution in [2.24, 2.45) is 0 Å². The molecule has 0 amide bonds. The van der Waals surface area contributed by atoms with Crippen molar-refractivity contribution in [2.75, 3.05) is 18.0 Å². The van der Waals surface area contributed by atoms with Crippen molar-refractivity contribution in [3.63, 3.8) is 0 Å². The predicted molar refractivity (Wildman–Crippen MR) is 74.5 cm³/mol. The van der Waals surface area contributed by atoms with Gasteiger partial charge in [0.2, 0.25) is 0 Å². The van der Waals surface area contributed by atoms with Crippen molar-refractivity contribution in [3.8, 4) is 0 Å². The van der Waals surface area contributed by atoms with Crippen molar-refractivity contribution in [2.45, 2.75) is 6.92 Å². The van der Waals surface area contributed by atoms with E-state index in [-0.39, 0.29) is 35.4 Å². The second kappa shape index (κ2) is 5.57. The fraction of sp³-hybridized carbons (Fsp3) is 0.250. The third-order valence-electron chi connectivity index (χ3n) is 2.98. The van der Waals surface area contributed by atoms with Crippen molar-refractivity contribution in [1.82, 2.24) is 9.97 Å². The molecule has 0 aliphatic carbocycles. The standard InChI is InChI=1S/C12H12N4O5/c1-2-15(5-11(17)18)9-4-8-7(3-10(9)16(20)21)12(19)14-6-13-8/h3-4,6H,2,5H2,1H3,(H,17,18)(H,13,14,19). The number of aliphatic carboxylic acids is 1. The molecular weight excluding hydrogens is 280 g/mol. The lowest BCUT2D eigenvalue weighted by Gasteiger charge is -2.20. The maximum atomic E-state index is 11.7. The number of carboxylic acids is 1. The minimum absolute atomic E-state index is 0.0827. The molecule has 1 aromatic carbocycles. The Morgan fingerprint density at radius 2 is 2.24 bits per heavy atom. The zero-order chi connectivity index (χ0) is 15.6. The van der Waals surface area contributed by atoms with Crippen LogP contribution in [0.15, 0.2) is 23.3 Å². The molecule has 0 saturated carbocycles. The SMILES string of the molecule is CCN(CC(=O)O)c1cc2nc[nH]c(=O)c2cc1[N+](=O)[O-]. The van der Waals surface area contributed by atoms with Gasteiger partial charge in [-0.05, 0) is 13.0 Å². The van der Waals surface area contributed by atoms with Gasteiger partial charge in [-0.15, -0.1) is 0 Å². The van der Waals surface area contributed by atoms with Gasteiger partial charge in [0, 0.05) is 12.6 Å². The van der Waals surface area contributed by atoms with Gasteiger partial charge in [-0.2, -0.15) is 0 Å². The monoisotopic (exact) mass is 292 g/mol. The molecular formula is C12H12N4O5. The summed E-state index contributed by atoms with van der Waals surface area (Å²) in [6.45, 7) is 1.57. The molecule has 21 heavy (non-hydrogen) atoms. The first-order chi connectivity index (χ1) is 9.93. The van der Waals surface area contributed by atoms with Gasteiger partial charge in [-0.1, -0.05) is 0 Å². The molecule has 1 heterocycles. The second-order valence-electron chi connectivity index (χ2n) is 4.25. The molecule has 0 aliphatic rings. The summed E-state index contributed by atoms with van der Waals surface area (Å²) in [4.78, 5) is 40.7. The van der Waals surface area contributed by atoms with Gasteiger partial charge in [0.15, 0.2) is 0 Å². The number of nitro benzene ring substituents is 1. The summed E-state index contributed by atoms with van der Waals surface area (Å²) in [5.74, 6) is -1.11. The molecule has 1 aromatic heterocycles. The molecule has 0 atom stereocenters. The van der Waals surface area contributed by atoms with Gasteiger partial charge in [0.25, 0.3) is 11.2 Å². The van der Waals surface area contributed by atoms with Crippen LogP contribution in [0.3, 0.4) is 0 Å². The summed E-state index contributed by atoms with van der Waals surface area (Å²) < 4.78 is 0. The molecule has 2 N–H and O–H groups in total. The molecule has 0 aliphatic heterocycles. The fourth-order valence-corrected chi connectivity index (χ4v) is 2.02. The number of carbonyl (C=O) groups is 1. The van der Waals surface area contributed by atoms with Gasteiger partial charge in [-0.3, -0.25) is 19.7 Å². The summed E-state index contributed by atoms with van der Waals surface area (Å²) in [5, 5.41) is 20.1. The normalized spacial score (nSPS) is 10.5. The Kier molecular flexibility index (Phi) is 3.83. The van der Waals surface area contributed by atoms with Gasteiger partial charge >= 0.3 is 5.97 Å². The van der Waals surface area contributed by atoms with E-state index < -0.39 is 16.5 Å². The topological polar surface area (TPSA) is 129 Å². The Hall–Kier alpha value is -2.97. The van der Waals surface area contributed by atoms with E-state index in [1.807, 2.05) is 0 Å². The summed E-state index contributed by atoms with van der Waals surface area (Å²) in [6, 6.07) is 2.47. The first kappa shape index (κ1) is 14.4. The Bertz CT molecular complexity index is 770. The first-order valence-electron chi connectivity index (χ1n) is 6.06. The molecule has 0 radical (unpaired) electrons. The Morgan fingerprint density at radius 1 is 1.52 bits per heavy atom. The maximum Gasteiger partial charge on any atom is 0.323 e. The highest BCUT2D eigenvalue weighted by Crippen LogP contribution is 2.31. The number of benzene rings is 1. The van der Waals surface area contributed by atoms with Crippen LogP contribution in [0, 0.1) is 10.1 Å². The van der Waals surface area contributed by atoms with Gasteiger partial charge in [-0.25, -0.2) is 4.98 Å². The minimum atomic E-state index is -1.11. The number of anilines is 1. The highest BCUT2D eigenvalue weighted by atomic mass is 16.6. The smallest absolute Gasteiger partial charge is 0.323 e. The molecule has 0 spiro atoms. The van der Waals surface area contributed by atoms with Crippen LogP contribution in [0.2, 0.25) is 0 Å². The van der Waals surface area contributed by atoms with Crippen molar-refractivity contribution < 1.29 is 14.8 Å². The van der Waals surface area contributed by atoms with Crippen LogP contribution in [0.4, 0.5) is 11.4 Å². The predicted octanol–water partition coefficient (Wildman–Crippen LogP) is 0.742. The van der Waals surface area contributed by atoms with Crippen LogP contribution < -0.4 is 10.5 Å². The molecule has 0 saturated heterocycles. The van der Waals surface area contributed by atoms with E-state index in [0.717, 1.165) is 6.07 Å². The zero-order valence-electron chi connectivity index (χ0n) is 11.1. The van der Waals surface area contributed by atoms with Crippen LogP contribution in [-0.2, 0) is 4.79 Å².